The van der Waals surface area contributed by atoms with E-state index in [1.165, 1.54) is 19.3 Å². The van der Waals surface area contributed by atoms with Crippen LogP contribution in [0.15, 0.2) is 18.2 Å². The van der Waals surface area contributed by atoms with Gasteiger partial charge >= 0.3 is 6.09 Å². The minimum absolute atomic E-state index is 0.343. The topological polar surface area (TPSA) is 49.9 Å². The van der Waals surface area contributed by atoms with Crippen LogP contribution in [0.1, 0.15) is 43.5 Å². The number of carbonyl (C=O) groups excluding carboxylic acids is 2. The van der Waals surface area contributed by atoms with Crippen molar-refractivity contribution in [2.45, 2.75) is 33.1 Å². The second kappa shape index (κ2) is 7.82. The van der Waals surface area contributed by atoms with Gasteiger partial charge in [0, 0.05) is 37.9 Å². The molecule has 0 saturated carbocycles. The summed E-state index contributed by atoms with van der Waals surface area (Å²) >= 11 is 0. The molecule has 0 radical (unpaired) electrons. The standard InChI is InChI=1S/C17H24N2O3/c1-3-18(4-2)17(21)22-16-12-15(9-8-14(16)13-20)19-10-6-5-7-11-19/h8-9,12-13H,3-7,10-11H2,1-2H3. The highest BCUT2D eigenvalue weighted by atomic mass is 16.6. The summed E-state index contributed by atoms with van der Waals surface area (Å²) < 4.78 is 5.44. The Morgan fingerprint density at radius 1 is 1.23 bits per heavy atom. The Hall–Kier alpha value is -2.04. The Labute approximate surface area is 131 Å². The molecule has 1 aliphatic rings. The van der Waals surface area contributed by atoms with Crippen LogP contribution in [0, 0.1) is 0 Å². The lowest BCUT2D eigenvalue weighted by Crippen LogP contribution is -2.33. The monoisotopic (exact) mass is 304 g/mol. The van der Waals surface area contributed by atoms with Gasteiger partial charge in [-0.3, -0.25) is 4.79 Å². The number of piperidine rings is 1. The summed E-state index contributed by atoms with van der Waals surface area (Å²) in [6, 6.07) is 5.45. The van der Waals surface area contributed by atoms with Gasteiger partial charge in [0.05, 0.1) is 5.56 Å². The Bertz CT molecular complexity index is 521. The molecule has 0 aromatic heterocycles. The molecule has 1 aromatic rings. The molecule has 1 saturated heterocycles. The normalized spacial score (nSPS) is 14.5. The highest BCUT2D eigenvalue weighted by Crippen LogP contribution is 2.27. The largest absolute Gasteiger partial charge is 0.415 e. The summed E-state index contributed by atoms with van der Waals surface area (Å²) in [6.45, 7) is 6.97. The van der Waals surface area contributed by atoms with Gasteiger partial charge in [0.2, 0.25) is 0 Å². The summed E-state index contributed by atoms with van der Waals surface area (Å²) in [6.07, 6.45) is 3.91. The van der Waals surface area contributed by atoms with Crippen molar-refractivity contribution in [3.05, 3.63) is 23.8 Å². The summed E-state index contributed by atoms with van der Waals surface area (Å²) in [5.41, 5.74) is 1.41. The van der Waals surface area contributed by atoms with Crippen LogP contribution in [0.4, 0.5) is 10.5 Å². The molecule has 0 N–H and O–H groups in total. The first-order valence-electron chi connectivity index (χ1n) is 8.00. The van der Waals surface area contributed by atoms with E-state index >= 15 is 0 Å². The predicted molar refractivity (Wildman–Crippen MR) is 86.8 cm³/mol. The fourth-order valence-electron chi connectivity index (χ4n) is 2.70. The highest BCUT2D eigenvalue weighted by Gasteiger charge is 2.17. The van der Waals surface area contributed by atoms with E-state index in [0.717, 1.165) is 25.1 Å². The maximum Gasteiger partial charge on any atom is 0.415 e. The van der Waals surface area contributed by atoms with E-state index in [2.05, 4.69) is 4.90 Å². The number of aldehydes is 1. The third-order valence-electron chi connectivity index (χ3n) is 4.06. The van der Waals surface area contributed by atoms with Gasteiger partial charge < -0.3 is 14.5 Å². The fourth-order valence-corrected chi connectivity index (χ4v) is 2.70. The number of rotatable bonds is 5. The SMILES string of the molecule is CCN(CC)C(=O)Oc1cc(N2CCCCC2)ccc1C=O. The van der Waals surface area contributed by atoms with E-state index < -0.39 is 6.09 Å². The van der Waals surface area contributed by atoms with Crippen molar-refractivity contribution in [3.8, 4) is 5.75 Å². The van der Waals surface area contributed by atoms with Gasteiger partial charge in [-0.25, -0.2) is 4.79 Å². The molecular formula is C17H24N2O3. The Balaban J connectivity index is 2.20. The average Bonchev–Trinajstić information content (AvgIpc) is 2.56. The number of benzene rings is 1. The summed E-state index contributed by atoms with van der Waals surface area (Å²) in [7, 11) is 0. The molecule has 1 fully saturated rings. The summed E-state index contributed by atoms with van der Waals surface area (Å²) in [4.78, 5) is 27.1. The Morgan fingerprint density at radius 3 is 2.50 bits per heavy atom. The zero-order valence-electron chi connectivity index (χ0n) is 13.4. The summed E-state index contributed by atoms with van der Waals surface area (Å²) in [5, 5.41) is 0. The number of ether oxygens (including phenoxy) is 1. The smallest absolute Gasteiger partial charge is 0.409 e. The van der Waals surface area contributed by atoms with E-state index in [0.29, 0.717) is 24.4 Å². The number of hydrogen-bond acceptors (Lipinski definition) is 4. The van der Waals surface area contributed by atoms with Gasteiger partial charge in [-0.15, -0.1) is 0 Å². The molecule has 1 aliphatic heterocycles. The van der Waals surface area contributed by atoms with Gasteiger partial charge in [-0.1, -0.05) is 0 Å². The first kappa shape index (κ1) is 16.3. The molecule has 0 spiro atoms. The van der Waals surface area contributed by atoms with Gasteiger partial charge in [-0.2, -0.15) is 0 Å². The molecule has 0 atom stereocenters. The quantitative estimate of drug-likeness (QED) is 0.783. The molecule has 1 aromatic carbocycles. The van der Waals surface area contributed by atoms with Crippen LogP contribution in [-0.2, 0) is 0 Å². The zero-order valence-corrected chi connectivity index (χ0v) is 13.4. The van der Waals surface area contributed by atoms with Crippen molar-refractivity contribution in [1.82, 2.24) is 4.90 Å². The van der Waals surface area contributed by atoms with Crippen molar-refractivity contribution in [2.75, 3.05) is 31.1 Å². The lowest BCUT2D eigenvalue weighted by atomic mass is 10.1. The average molecular weight is 304 g/mol. The minimum atomic E-state index is -0.413. The van der Waals surface area contributed by atoms with Gasteiger partial charge in [0.15, 0.2) is 6.29 Å². The second-order valence-corrected chi connectivity index (χ2v) is 5.43. The van der Waals surface area contributed by atoms with E-state index in [4.69, 9.17) is 4.74 Å². The lowest BCUT2D eigenvalue weighted by Gasteiger charge is -2.29. The molecular weight excluding hydrogens is 280 g/mol. The number of nitrogens with zero attached hydrogens (tertiary/aromatic N) is 2. The first-order valence-corrected chi connectivity index (χ1v) is 8.00. The molecule has 22 heavy (non-hydrogen) atoms. The van der Waals surface area contributed by atoms with E-state index in [1.54, 1.807) is 17.0 Å². The van der Waals surface area contributed by atoms with Crippen LogP contribution in [0.5, 0.6) is 5.75 Å². The van der Waals surface area contributed by atoms with Crippen LogP contribution < -0.4 is 9.64 Å². The predicted octanol–water partition coefficient (Wildman–Crippen LogP) is 3.33. The zero-order chi connectivity index (χ0) is 15.9. The molecule has 5 heteroatoms. The van der Waals surface area contributed by atoms with Crippen molar-refractivity contribution < 1.29 is 14.3 Å². The van der Waals surface area contributed by atoms with Gasteiger partial charge in [0.25, 0.3) is 0 Å². The number of hydrogen-bond donors (Lipinski definition) is 0. The van der Waals surface area contributed by atoms with Crippen LogP contribution in [-0.4, -0.2) is 43.5 Å². The minimum Gasteiger partial charge on any atom is -0.409 e. The van der Waals surface area contributed by atoms with Gasteiger partial charge in [-0.05, 0) is 45.2 Å². The molecule has 0 unspecified atom stereocenters. The molecule has 0 aliphatic carbocycles. The maximum atomic E-state index is 12.1. The van der Waals surface area contributed by atoms with Crippen LogP contribution in [0.2, 0.25) is 0 Å². The molecule has 1 amide bonds. The second-order valence-electron chi connectivity index (χ2n) is 5.43. The first-order chi connectivity index (χ1) is 10.7. The number of amides is 1. The van der Waals surface area contributed by atoms with E-state index in [1.807, 2.05) is 19.9 Å². The highest BCUT2D eigenvalue weighted by molar-refractivity contribution is 5.83. The molecule has 1 heterocycles. The third-order valence-corrected chi connectivity index (χ3v) is 4.06. The lowest BCUT2D eigenvalue weighted by molar-refractivity contribution is 0.111. The van der Waals surface area contributed by atoms with Crippen molar-refractivity contribution in [1.29, 1.82) is 0 Å². The van der Waals surface area contributed by atoms with Crippen LogP contribution in [0.25, 0.3) is 0 Å². The summed E-state index contributed by atoms with van der Waals surface area (Å²) in [5.74, 6) is 0.343. The molecule has 120 valence electrons. The van der Waals surface area contributed by atoms with Gasteiger partial charge in [0.1, 0.15) is 5.75 Å². The Kier molecular flexibility index (Phi) is 5.81. The van der Waals surface area contributed by atoms with Crippen molar-refractivity contribution >= 4 is 18.1 Å². The van der Waals surface area contributed by atoms with Crippen molar-refractivity contribution in [2.24, 2.45) is 0 Å². The Morgan fingerprint density at radius 2 is 1.91 bits per heavy atom. The molecule has 0 bridgehead atoms. The third kappa shape index (κ3) is 3.78. The van der Waals surface area contributed by atoms with Crippen LogP contribution in [0.3, 0.4) is 0 Å². The molecule has 5 nitrogen and oxygen atoms in total. The van der Waals surface area contributed by atoms with E-state index in [9.17, 15) is 9.59 Å². The fraction of sp³-hybridized carbons (Fsp3) is 0.529. The van der Waals surface area contributed by atoms with E-state index in [-0.39, 0.29) is 0 Å². The number of carbonyl (C=O) groups is 2. The van der Waals surface area contributed by atoms with Crippen LogP contribution >= 0.6 is 0 Å². The number of anilines is 1. The maximum absolute atomic E-state index is 12.1. The molecule has 2 rings (SSSR count). The van der Waals surface area contributed by atoms with Crippen molar-refractivity contribution in [3.63, 3.8) is 0 Å².